The molecular formula is C20H32O5. The lowest BCUT2D eigenvalue weighted by molar-refractivity contribution is -0.293. The second-order valence-corrected chi connectivity index (χ2v) is 10.1. The quantitative estimate of drug-likeness (QED) is 0.416. The topological polar surface area (TPSA) is 101 Å². The molecule has 2 bridgehead atoms. The molecule has 5 N–H and O–H groups in total. The van der Waals surface area contributed by atoms with Crippen LogP contribution in [0.4, 0.5) is 0 Å². The van der Waals surface area contributed by atoms with Crippen molar-refractivity contribution >= 4 is 0 Å². The summed E-state index contributed by atoms with van der Waals surface area (Å²) in [7, 11) is 0. The van der Waals surface area contributed by atoms with Crippen molar-refractivity contribution in [3.63, 3.8) is 0 Å². The molecule has 1 spiro atoms. The molecule has 25 heavy (non-hydrogen) atoms. The smallest absolute Gasteiger partial charge is 0.0893 e. The van der Waals surface area contributed by atoms with Gasteiger partial charge in [0.05, 0.1) is 35.9 Å². The van der Waals surface area contributed by atoms with E-state index in [1.807, 2.05) is 0 Å². The number of hydrogen-bond acceptors (Lipinski definition) is 5. The molecule has 4 aliphatic rings. The fourth-order valence-corrected chi connectivity index (χ4v) is 7.75. The molecule has 4 fully saturated rings. The van der Waals surface area contributed by atoms with Gasteiger partial charge in [-0.2, -0.15) is 0 Å². The Bertz CT molecular complexity index is 603. The summed E-state index contributed by atoms with van der Waals surface area (Å²) in [5.74, 6) is -1.19. The maximum atomic E-state index is 11.2. The van der Waals surface area contributed by atoms with E-state index in [1.54, 1.807) is 0 Å². The van der Waals surface area contributed by atoms with Crippen LogP contribution in [0.2, 0.25) is 0 Å². The highest BCUT2D eigenvalue weighted by Gasteiger charge is 2.77. The lowest BCUT2D eigenvalue weighted by Gasteiger charge is -2.67. The van der Waals surface area contributed by atoms with Gasteiger partial charge >= 0.3 is 0 Å². The van der Waals surface area contributed by atoms with Gasteiger partial charge in [-0.05, 0) is 41.6 Å². The summed E-state index contributed by atoms with van der Waals surface area (Å²) in [5.41, 5.74) is -1.25. The highest BCUT2D eigenvalue weighted by Crippen LogP contribution is 2.71. The zero-order valence-electron chi connectivity index (χ0n) is 15.4. The summed E-state index contributed by atoms with van der Waals surface area (Å²) in [6.07, 6.45) is -1.96. The predicted octanol–water partition coefficient (Wildman–Crippen LogP) is 0.829. The number of aliphatic hydroxyl groups is 5. The van der Waals surface area contributed by atoms with Crippen LogP contribution in [0.15, 0.2) is 12.2 Å². The number of aliphatic hydroxyl groups excluding tert-OH is 5. The normalized spacial score (nSPS) is 60.1. The minimum atomic E-state index is -1.24. The molecule has 0 amide bonds. The molecule has 0 radical (unpaired) electrons. The van der Waals surface area contributed by atoms with Crippen LogP contribution in [0.3, 0.4) is 0 Å². The van der Waals surface area contributed by atoms with Gasteiger partial charge in [0, 0.05) is 11.8 Å². The first-order valence-electron chi connectivity index (χ1n) is 9.60. The molecule has 0 aromatic heterocycles. The maximum Gasteiger partial charge on any atom is 0.0893 e. The second kappa shape index (κ2) is 5.08. The third-order valence-electron chi connectivity index (χ3n) is 8.73. The average molecular weight is 352 g/mol. The molecular weight excluding hydrogens is 320 g/mol. The molecule has 5 nitrogen and oxygen atoms in total. The van der Waals surface area contributed by atoms with Crippen molar-refractivity contribution in [1.82, 2.24) is 0 Å². The molecule has 5 heteroatoms. The Morgan fingerprint density at radius 3 is 2.24 bits per heavy atom. The SMILES string of the molecule is C=C1[C@H]2[C@@H](O)[C@H](O)[C@H]3[C@]4(C)CCCC(C)(C)[C@H]4C[C@@H](O)[C@]3([C@@H]1O)[C@H]2O. The highest BCUT2D eigenvalue weighted by atomic mass is 16.3. The standard InChI is InChI=1S/C20H32O5/c1-9-12-13(22)14(23)15-19(4)7-5-6-18(2,3)10(19)8-11(21)20(15,16(9)24)17(12)25/h10-17,21-25H,1,5-8H2,2-4H3/t10-,11-,12+,13-,14+,15+,16-,17+,19-,20+/m1/s1. The van der Waals surface area contributed by atoms with E-state index in [0.29, 0.717) is 12.0 Å². The zero-order chi connectivity index (χ0) is 18.5. The van der Waals surface area contributed by atoms with Gasteiger partial charge in [-0.15, -0.1) is 0 Å². The van der Waals surface area contributed by atoms with E-state index in [4.69, 9.17) is 0 Å². The fraction of sp³-hybridized carbons (Fsp3) is 0.900. The molecule has 0 aromatic rings. The van der Waals surface area contributed by atoms with Crippen molar-refractivity contribution in [1.29, 1.82) is 0 Å². The van der Waals surface area contributed by atoms with Gasteiger partial charge in [0.25, 0.3) is 0 Å². The Labute approximate surface area is 149 Å². The van der Waals surface area contributed by atoms with Gasteiger partial charge in [0.1, 0.15) is 0 Å². The van der Waals surface area contributed by atoms with E-state index in [0.717, 1.165) is 19.3 Å². The van der Waals surface area contributed by atoms with E-state index in [9.17, 15) is 25.5 Å². The molecule has 0 aliphatic heterocycles. The van der Waals surface area contributed by atoms with E-state index in [2.05, 4.69) is 27.4 Å². The van der Waals surface area contributed by atoms with Crippen molar-refractivity contribution in [2.24, 2.45) is 34.0 Å². The molecule has 0 aromatic carbocycles. The van der Waals surface area contributed by atoms with Crippen LogP contribution in [0.1, 0.15) is 46.5 Å². The third kappa shape index (κ3) is 1.82. The second-order valence-electron chi connectivity index (χ2n) is 10.1. The lowest BCUT2D eigenvalue weighted by atomic mass is 9.39. The van der Waals surface area contributed by atoms with E-state index >= 15 is 0 Å². The van der Waals surface area contributed by atoms with Crippen LogP contribution in [0, 0.1) is 34.0 Å². The lowest BCUT2D eigenvalue weighted by Crippen LogP contribution is -2.73. The van der Waals surface area contributed by atoms with Gasteiger partial charge < -0.3 is 25.5 Å². The minimum absolute atomic E-state index is 0.00261. The van der Waals surface area contributed by atoms with Crippen LogP contribution in [-0.4, -0.2) is 56.1 Å². The van der Waals surface area contributed by atoms with E-state index in [-0.39, 0.29) is 16.7 Å². The first-order valence-corrected chi connectivity index (χ1v) is 9.60. The van der Waals surface area contributed by atoms with Gasteiger partial charge in [0.15, 0.2) is 0 Å². The average Bonchev–Trinajstić information content (AvgIpc) is 2.66. The van der Waals surface area contributed by atoms with Gasteiger partial charge in [0.2, 0.25) is 0 Å². The molecule has 4 rings (SSSR count). The Morgan fingerprint density at radius 2 is 1.60 bits per heavy atom. The molecule has 4 saturated carbocycles. The maximum absolute atomic E-state index is 11.2. The summed E-state index contributed by atoms with van der Waals surface area (Å²) in [4.78, 5) is 0. The summed E-state index contributed by atoms with van der Waals surface area (Å²) < 4.78 is 0. The minimum Gasteiger partial charge on any atom is -0.392 e. The zero-order valence-corrected chi connectivity index (χ0v) is 15.4. The van der Waals surface area contributed by atoms with Gasteiger partial charge in [-0.3, -0.25) is 0 Å². The Hall–Kier alpha value is -0.460. The molecule has 0 unspecified atom stereocenters. The van der Waals surface area contributed by atoms with Crippen molar-refractivity contribution in [2.45, 2.75) is 77.0 Å². The fourth-order valence-electron chi connectivity index (χ4n) is 7.75. The van der Waals surface area contributed by atoms with Crippen molar-refractivity contribution in [3.05, 3.63) is 12.2 Å². The summed E-state index contributed by atoms with van der Waals surface area (Å²) in [5, 5.41) is 55.1. The van der Waals surface area contributed by atoms with Crippen molar-refractivity contribution < 1.29 is 25.5 Å². The third-order valence-corrected chi connectivity index (χ3v) is 8.73. The summed E-state index contributed by atoms with van der Waals surface area (Å²) >= 11 is 0. The molecule has 0 heterocycles. The molecule has 0 saturated heterocycles. The van der Waals surface area contributed by atoms with Crippen molar-refractivity contribution in [2.75, 3.05) is 0 Å². The molecule has 142 valence electrons. The van der Waals surface area contributed by atoms with Crippen LogP contribution < -0.4 is 0 Å². The number of fused-ring (bicyclic) bond motifs is 3. The van der Waals surface area contributed by atoms with E-state index in [1.165, 1.54) is 0 Å². The highest BCUT2D eigenvalue weighted by molar-refractivity contribution is 5.35. The predicted molar refractivity (Wildman–Crippen MR) is 92.4 cm³/mol. The monoisotopic (exact) mass is 352 g/mol. The summed E-state index contributed by atoms with van der Waals surface area (Å²) in [6, 6.07) is 0. The Balaban J connectivity index is 1.93. The largest absolute Gasteiger partial charge is 0.392 e. The first-order chi connectivity index (χ1) is 11.5. The van der Waals surface area contributed by atoms with E-state index < -0.39 is 47.8 Å². The Kier molecular flexibility index (Phi) is 3.64. The Morgan fingerprint density at radius 1 is 0.960 bits per heavy atom. The van der Waals surface area contributed by atoms with Crippen LogP contribution in [0.5, 0.6) is 0 Å². The molecule has 10 atom stereocenters. The van der Waals surface area contributed by atoms with Crippen molar-refractivity contribution in [3.8, 4) is 0 Å². The number of rotatable bonds is 0. The van der Waals surface area contributed by atoms with Crippen LogP contribution in [0.25, 0.3) is 0 Å². The number of hydrogen-bond donors (Lipinski definition) is 5. The first kappa shape index (κ1) is 17.9. The summed E-state index contributed by atoms with van der Waals surface area (Å²) in [6.45, 7) is 10.4. The van der Waals surface area contributed by atoms with Crippen LogP contribution >= 0.6 is 0 Å². The van der Waals surface area contributed by atoms with Gasteiger partial charge in [-0.25, -0.2) is 0 Å². The molecule has 4 aliphatic carbocycles. The van der Waals surface area contributed by atoms with Gasteiger partial charge in [-0.1, -0.05) is 33.8 Å². The van der Waals surface area contributed by atoms with Crippen LogP contribution in [-0.2, 0) is 0 Å².